The number of carboxylic acid groups (broad SMARTS) is 1. The summed E-state index contributed by atoms with van der Waals surface area (Å²) in [5, 5.41) is 15.2. The van der Waals surface area contributed by atoms with Crippen LogP contribution in [-0.2, 0) is 4.79 Å². The number of nitrogens with zero attached hydrogens (tertiary/aromatic N) is 2. The van der Waals surface area contributed by atoms with Gasteiger partial charge in [0.2, 0.25) is 0 Å². The monoisotopic (exact) mass is 388 g/mol. The van der Waals surface area contributed by atoms with Gasteiger partial charge in [-0.2, -0.15) is 0 Å². The van der Waals surface area contributed by atoms with E-state index < -0.39 is 5.97 Å². The van der Waals surface area contributed by atoms with E-state index in [1.165, 1.54) is 12.8 Å². The number of carbonyl (C=O) groups is 2. The van der Waals surface area contributed by atoms with Crippen molar-refractivity contribution >= 4 is 23.4 Å². The van der Waals surface area contributed by atoms with Gasteiger partial charge in [-0.1, -0.05) is 0 Å². The Morgan fingerprint density at radius 1 is 1.14 bits per heavy atom. The van der Waals surface area contributed by atoms with Crippen LogP contribution in [0.4, 0.5) is 16.2 Å². The molecule has 2 aliphatic rings. The number of rotatable bonds is 8. The molecule has 0 heterocycles. The molecule has 0 aliphatic heterocycles. The maximum Gasteiger partial charge on any atom is 0.319 e. The number of anilines is 2. The summed E-state index contributed by atoms with van der Waals surface area (Å²) in [6.45, 7) is 4.95. The summed E-state index contributed by atoms with van der Waals surface area (Å²) in [6, 6.07) is 4.28. The highest BCUT2D eigenvalue weighted by Crippen LogP contribution is 2.34. The number of urea groups is 1. The maximum absolute atomic E-state index is 12.4. The fourth-order valence-corrected chi connectivity index (χ4v) is 3.88. The Kier molecular flexibility index (Phi) is 6.13. The first kappa shape index (κ1) is 20.5. The van der Waals surface area contributed by atoms with Crippen molar-refractivity contribution in [2.75, 3.05) is 37.4 Å². The van der Waals surface area contributed by atoms with Crippen LogP contribution in [-0.4, -0.2) is 61.3 Å². The van der Waals surface area contributed by atoms with Gasteiger partial charge < -0.3 is 20.6 Å². The zero-order valence-electron chi connectivity index (χ0n) is 17.3. The Bertz CT molecular complexity index is 716. The lowest BCUT2D eigenvalue weighted by molar-refractivity contribution is -0.139. The number of aliphatic carboxylic acids is 1. The van der Waals surface area contributed by atoms with Crippen LogP contribution in [0.25, 0.3) is 0 Å². The van der Waals surface area contributed by atoms with Crippen LogP contribution in [0.3, 0.4) is 0 Å². The van der Waals surface area contributed by atoms with Crippen LogP contribution in [0.2, 0.25) is 0 Å². The van der Waals surface area contributed by atoms with E-state index in [0.717, 1.165) is 41.9 Å². The molecule has 3 rings (SSSR count). The highest BCUT2D eigenvalue weighted by Gasteiger charge is 2.37. The summed E-state index contributed by atoms with van der Waals surface area (Å²) in [5.41, 5.74) is 4.02. The fourth-order valence-electron chi connectivity index (χ4n) is 3.88. The number of hydrogen-bond donors (Lipinski definition) is 3. The SMILES string of the molecule is Cc1cc(N(C)C)cc(C)c1NC(=O)NC1CC(N(CC(=O)O)CC2CC2)C1. The van der Waals surface area contributed by atoms with E-state index in [4.69, 9.17) is 5.11 Å². The van der Waals surface area contributed by atoms with Crippen LogP contribution >= 0.6 is 0 Å². The van der Waals surface area contributed by atoms with Crippen molar-refractivity contribution in [2.24, 2.45) is 5.92 Å². The fraction of sp³-hybridized carbons (Fsp3) is 0.619. The van der Waals surface area contributed by atoms with Crippen molar-refractivity contribution in [2.45, 2.75) is 51.6 Å². The molecule has 0 unspecified atom stereocenters. The summed E-state index contributed by atoms with van der Waals surface area (Å²) >= 11 is 0. The highest BCUT2D eigenvalue weighted by atomic mass is 16.4. The molecule has 2 amide bonds. The zero-order chi connectivity index (χ0) is 20.4. The molecule has 3 N–H and O–H groups in total. The molecular weight excluding hydrogens is 356 g/mol. The van der Waals surface area contributed by atoms with Crippen LogP contribution in [0.5, 0.6) is 0 Å². The molecule has 0 atom stereocenters. The Morgan fingerprint density at radius 3 is 2.25 bits per heavy atom. The Labute approximate surface area is 167 Å². The van der Waals surface area contributed by atoms with E-state index >= 15 is 0 Å². The summed E-state index contributed by atoms with van der Waals surface area (Å²) < 4.78 is 0. The third-order valence-electron chi connectivity index (χ3n) is 5.77. The largest absolute Gasteiger partial charge is 0.480 e. The van der Waals surface area contributed by atoms with E-state index in [-0.39, 0.29) is 24.7 Å². The van der Waals surface area contributed by atoms with Crippen molar-refractivity contribution in [3.63, 3.8) is 0 Å². The molecule has 2 saturated carbocycles. The molecule has 0 spiro atoms. The zero-order valence-corrected chi connectivity index (χ0v) is 17.3. The van der Waals surface area contributed by atoms with Crippen LogP contribution < -0.4 is 15.5 Å². The molecule has 0 radical (unpaired) electrons. The number of carboxylic acids is 1. The van der Waals surface area contributed by atoms with Gasteiger partial charge in [0.1, 0.15) is 0 Å². The molecule has 7 heteroatoms. The number of amides is 2. The quantitative estimate of drug-likeness (QED) is 0.638. The van der Waals surface area contributed by atoms with Gasteiger partial charge in [-0.25, -0.2) is 4.79 Å². The summed E-state index contributed by atoms with van der Waals surface area (Å²) in [4.78, 5) is 27.7. The Morgan fingerprint density at radius 2 is 1.75 bits per heavy atom. The Balaban J connectivity index is 1.50. The highest BCUT2D eigenvalue weighted by molar-refractivity contribution is 5.91. The number of aryl methyl sites for hydroxylation is 2. The predicted molar refractivity (Wildman–Crippen MR) is 111 cm³/mol. The predicted octanol–water partition coefficient (Wildman–Crippen LogP) is 2.82. The number of hydrogen-bond acceptors (Lipinski definition) is 4. The summed E-state index contributed by atoms with van der Waals surface area (Å²) in [5.74, 6) is -0.118. The summed E-state index contributed by atoms with van der Waals surface area (Å²) in [6.07, 6.45) is 4.03. The smallest absolute Gasteiger partial charge is 0.319 e. The first-order chi connectivity index (χ1) is 13.2. The topological polar surface area (TPSA) is 84.9 Å². The van der Waals surface area contributed by atoms with Crippen molar-refractivity contribution < 1.29 is 14.7 Å². The van der Waals surface area contributed by atoms with Crippen molar-refractivity contribution in [3.05, 3.63) is 23.3 Å². The van der Waals surface area contributed by atoms with E-state index in [1.54, 1.807) is 0 Å². The second kappa shape index (κ2) is 8.39. The van der Waals surface area contributed by atoms with Crippen LogP contribution in [0.1, 0.15) is 36.8 Å². The normalized spacial score (nSPS) is 21.2. The van der Waals surface area contributed by atoms with E-state index in [2.05, 4.69) is 27.7 Å². The number of nitrogens with one attached hydrogen (secondary N) is 2. The minimum Gasteiger partial charge on any atom is -0.480 e. The lowest BCUT2D eigenvalue weighted by Crippen LogP contribution is -2.55. The third-order valence-corrected chi connectivity index (χ3v) is 5.77. The molecule has 2 aliphatic carbocycles. The molecule has 1 aromatic rings. The number of benzene rings is 1. The Hall–Kier alpha value is -2.28. The van der Waals surface area contributed by atoms with Gasteiger partial charge in [-0.05, 0) is 68.7 Å². The van der Waals surface area contributed by atoms with Gasteiger partial charge in [-0.15, -0.1) is 0 Å². The van der Waals surface area contributed by atoms with Gasteiger partial charge in [0.25, 0.3) is 0 Å². The molecule has 7 nitrogen and oxygen atoms in total. The molecule has 2 fully saturated rings. The molecule has 154 valence electrons. The minimum absolute atomic E-state index is 0.0939. The first-order valence-electron chi connectivity index (χ1n) is 10.0. The third kappa shape index (κ3) is 5.16. The van der Waals surface area contributed by atoms with Crippen LogP contribution in [0.15, 0.2) is 12.1 Å². The van der Waals surface area contributed by atoms with Crippen molar-refractivity contribution in [1.29, 1.82) is 0 Å². The minimum atomic E-state index is -0.776. The first-order valence-corrected chi connectivity index (χ1v) is 10.0. The molecule has 0 bridgehead atoms. The standard InChI is InChI=1S/C21H32N4O3/c1-13-7-17(24(3)4)8-14(2)20(13)23-21(28)22-16-9-18(10-16)25(12-19(26)27)11-15-5-6-15/h7-8,15-16,18H,5-6,9-12H2,1-4H3,(H,26,27)(H2,22,23,28). The lowest BCUT2D eigenvalue weighted by Gasteiger charge is -2.42. The van der Waals surface area contributed by atoms with Gasteiger partial charge in [0, 0.05) is 44.1 Å². The molecular formula is C21H32N4O3. The maximum atomic E-state index is 12.4. The van der Waals surface area contributed by atoms with E-state index in [0.29, 0.717) is 5.92 Å². The summed E-state index contributed by atoms with van der Waals surface area (Å²) in [7, 11) is 4.00. The molecule has 28 heavy (non-hydrogen) atoms. The average Bonchev–Trinajstić information content (AvgIpc) is 3.36. The average molecular weight is 389 g/mol. The van der Waals surface area contributed by atoms with Crippen molar-refractivity contribution in [1.82, 2.24) is 10.2 Å². The van der Waals surface area contributed by atoms with Gasteiger partial charge in [0.15, 0.2) is 0 Å². The van der Waals surface area contributed by atoms with Gasteiger partial charge in [0.05, 0.1) is 6.54 Å². The second-order valence-corrected chi connectivity index (χ2v) is 8.54. The van der Waals surface area contributed by atoms with E-state index in [9.17, 15) is 9.59 Å². The molecule has 0 aromatic heterocycles. The van der Waals surface area contributed by atoms with Crippen LogP contribution in [0, 0.1) is 19.8 Å². The van der Waals surface area contributed by atoms with Gasteiger partial charge >= 0.3 is 12.0 Å². The molecule has 1 aromatic carbocycles. The molecule has 0 saturated heterocycles. The van der Waals surface area contributed by atoms with E-state index in [1.807, 2.05) is 32.8 Å². The number of carbonyl (C=O) groups excluding carboxylic acids is 1. The van der Waals surface area contributed by atoms with Gasteiger partial charge in [-0.3, -0.25) is 9.69 Å². The van der Waals surface area contributed by atoms with Crippen molar-refractivity contribution in [3.8, 4) is 0 Å². The lowest BCUT2D eigenvalue weighted by atomic mass is 9.85. The second-order valence-electron chi connectivity index (χ2n) is 8.54.